The molecule has 19 heavy (non-hydrogen) atoms. The molecule has 0 bridgehead atoms. The predicted molar refractivity (Wildman–Crippen MR) is 69.2 cm³/mol. The molecule has 5 heteroatoms. The fourth-order valence-corrected chi connectivity index (χ4v) is 1.75. The number of ether oxygens (including phenoxy) is 1. The summed E-state index contributed by atoms with van der Waals surface area (Å²) in [7, 11) is 0. The van der Waals surface area contributed by atoms with E-state index in [9.17, 15) is 13.2 Å². The van der Waals surface area contributed by atoms with Gasteiger partial charge in [0.15, 0.2) is 0 Å². The zero-order valence-corrected chi connectivity index (χ0v) is 11.3. The van der Waals surface area contributed by atoms with Gasteiger partial charge in [-0.1, -0.05) is 19.4 Å². The smallest absolute Gasteiger partial charge is 0.419 e. The van der Waals surface area contributed by atoms with Crippen molar-refractivity contribution in [1.29, 1.82) is 0 Å². The molecule has 0 aromatic heterocycles. The maximum atomic E-state index is 13.0. The molecule has 0 fully saturated rings. The molecule has 0 spiro atoms. The van der Waals surface area contributed by atoms with Gasteiger partial charge in [0.05, 0.1) is 12.2 Å². The Morgan fingerprint density at radius 3 is 2.53 bits per heavy atom. The lowest BCUT2D eigenvalue weighted by atomic mass is 10.0. The van der Waals surface area contributed by atoms with Gasteiger partial charge in [0.1, 0.15) is 5.75 Å². The first kappa shape index (κ1) is 15.8. The Hall–Kier alpha value is -1.23. The summed E-state index contributed by atoms with van der Waals surface area (Å²) in [4.78, 5) is 0. The molecule has 0 aliphatic carbocycles. The first-order valence-corrected chi connectivity index (χ1v) is 6.43. The predicted octanol–water partition coefficient (Wildman–Crippen LogP) is 3.77. The number of halogens is 3. The van der Waals surface area contributed by atoms with E-state index >= 15 is 0 Å². The average Bonchev–Trinajstić information content (AvgIpc) is 2.29. The van der Waals surface area contributed by atoms with Crippen LogP contribution in [0.3, 0.4) is 0 Å². The van der Waals surface area contributed by atoms with Crippen LogP contribution in [0.2, 0.25) is 0 Å². The van der Waals surface area contributed by atoms with Crippen molar-refractivity contribution in [3.05, 3.63) is 29.3 Å². The molecular weight excluding hydrogens is 255 g/mol. The van der Waals surface area contributed by atoms with Crippen LogP contribution in [0.4, 0.5) is 13.2 Å². The Morgan fingerprint density at radius 1 is 1.32 bits per heavy atom. The number of nitrogens with two attached hydrogens (primary N) is 1. The minimum absolute atomic E-state index is 0.102. The zero-order valence-electron chi connectivity index (χ0n) is 11.3. The van der Waals surface area contributed by atoms with Gasteiger partial charge in [-0.05, 0) is 37.5 Å². The monoisotopic (exact) mass is 275 g/mol. The second-order valence-electron chi connectivity index (χ2n) is 4.71. The molecule has 0 saturated heterocycles. The highest BCUT2D eigenvalue weighted by molar-refractivity contribution is 5.39. The number of benzene rings is 1. The molecule has 2 N–H and O–H groups in total. The third-order valence-electron chi connectivity index (χ3n) is 2.66. The third kappa shape index (κ3) is 5.11. The van der Waals surface area contributed by atoms with Crippen LogP contribution in [0.5, 0.6) is 5.75 Å². The fourth-order valence-electron chi connectivity index (χ4n) is 1.75. The van der Waals surface area contributed by atoms with Crippen LogP contribution in [-0.2, 0) is 12.6 Å². The van der Waals surface area contributed by atoms with Gasteiger partial charge < -0.3 is 10.5 Å². The highest BCUT2D eigenvalue weighted by Gasteiger charge is 2.34. The molecule has 1 rings (SSSR count). The van der Waals surface area contributed by atoms with E-state index in [-0.39, 0.29) is 11.8 Å². The van der Waals surface area contributed by atoms with Crippen LogP contribution in [0.25, 0.3) is 0 Å². The maximum absolute atomic E-state index is 13.0. The summed E-state index contributed by atoms with van der Waals surface area (Å²) in [6.07, 6.45) is -2.38. The Balaban J connectivity index is 2.96. The second kappa shape index (κ2) is 6.80. The third-order valence-corrected chi connectivity index (χ3v) is 2.66. The van der Waals surface area contributed by atoms with Crippen molar-refractivity contribution in [2.45, 2.75) is 45.3 Å². The van der Waals surface area contributed by atoms with Crippen molar-refractivity contribution < 1.29 is 17.9 Å². The Kier molecular flexibility index (Phi) is 5.66. The molecule has 0 amide bonds. The van der Waals surface area contributed by atoms with Crippen LogP contribution in [-0.4, -0.2) is 12.6 Å². The topological polar surface area (TPSA) is 35.2 Å². The van der Waals surface area contributed by atoms with Gasteiger partial charge in [0, 0.05) is 6.04 Å². The maximum Gasteiger partial charge on any atom is 0.419 e. The van der Waals surface area contributed by atoms with E-state index in [0.29, 0.717) is 18.6 Å². The molecule has 108 valence electrons. The van der Waals surface area contributed by atoms with Crippen molar-refractivity contribution in [3.8, 4) is 5.75 Å². The van der Waals surface area contributed by atoms with Gasteiger partial charge >= 0.3 is 6.18 Å². The average molecular weight is 275 g/mol. The largest absolute Gasteiger partial charge is 0.493 e. The highest BCUT2D eigenvalue weighted by atomic mass is 19.4. The first-order chi connectivity index (χ1) is 8.84. The van der Waals surface area contributed by atoms with E-state index in [1.165, 1.54) is 6.07 Å². The van der Waals surface area contributed by atoms with Gasteiger partial charge in [0.25, 0.3) is 0 Å². The number of alkyl halides is 3. The van der Waals surface area contributed by atoms with Crippen molar-refractivity contribution in [1.82, 2.24) is 0 Å². The van der Waals surface area contributed by atoms with Crippen LogP contribution < -0.4 is 10.5 Å². The van der Waals surface area contributed by atoms with Gasteiger partial charge in [0.2, 0.25) is 0 Å². The molecule has 1 atom stereocenters. The first-order valence-electron chi connectivity index (χ1n) is 6.43. The molecule has 1 aromatic rings. The Bertz CT molecular complexity index is 402. The molecular formula is C14H20F3NO. The van der Waals surface area contributed by atoms with Gasteiger partial charge in [-0.25, -0.2) is 0 Å². The quantitative estimate of drug-likeness (QED) is 0.802. The Labute approximate surface area is 111 Å². The summed E-state index contributed by atoms with van der Waals surface area (Å²) in [5.74, 6) is -0.102. The standard InChI is InChI=1S/C14H20F3NO/c1-3-4-7-19-13-6-5-11(8-10(2)18)9-12(13)14(15,16)17/h5-6,9-10H,3-4,7-8,18H2,1-2H3. The van der Waals surface area contributed by atoms with Crippen LogP contribution in [0, 0.1) is 0 Å². The normalized spacial score (nSPS) is 13.4. The van der Waals surface area contributed by atoms with Crippen molar-refractivity contribution >= 4 is 0 Å². The van der Waals surface area contributed by atoms with Gasteiger partial charge in [-0.3, -0.25) is 0 Å². The Morgan fingerprint density at radius 2 is 2.00 bits per heavy atom. The number of unbranched alkanes of at least 4 members (excludes halogenated alkanes) is 1. The summed E-state index contributed by atoms with van der Waals surface area (Å²) in [5.41, 5.74) is 5.46. The van der Waals surface area contributed by atoms with Gasteiger partial charge in [-0.15, -0.1) is 0 Å². The van der Waals surface area contributed by atoms with E-state index in [4.69, 9.17) is 10.5 Å². The van der Waals surface area contributed by atoms with Crippen LogP contribution in [0.15, 0.2) is 18.2 Å². The van der Waals surface area contributed by atoms with E-state index in [1.807, 2.05) is 6.92 Å². The molecule has 1 aromatic carbocycles. The molecule has 0 saturated carbocycles. The summed E-state index contributed by atoms with van der Waals surface area (Å²) in [5, 5.41) is 0. The van der Waals surface area contributed by atoms with Crippen LogP contribution in [0.1, 0.15) is 37.8 Å². The van der Waals surface area contributed by atoms with Crippen molar-refractivity contribution in [2.24, 2.45) is 5.73 Å². The summed E-state index contributed by atoms with van der Waals surface area (Å²) in [6.45, 7) is 4.02. The number of rotatable bonds is 6. The van der Waals surface area contributed by atoms with Gasteiger partial charge in [-0.2, -0.15) is 13.2 Å². The lowest BCUT2D eigenvalue weighted by molar-refractivity contribution is -0.139. The zero-order chi connectivity index (χ0) is 14.5. The molecule has 0 radical (unpaired) electrons. The van der Waals surface area contributed by atoms with Crippen molar-refractivity contribution in [2.75, 3.05) is 6.61 Å². The summed E-state index contributed by atoms with van der Waals surface area (Å²) < 4.78 is 44.1. The summed E-state index contributed by atoms with van der Waals surface area (Å²) >= 11 is 0. The van der Waals surface area contributed by atoms with E-state index < -0.39 is 11.7 Å². The molecule has 1 unspecified atom stereocenters. The van der Waals surface area contributed by atoms with E-state index in [2.05, 4.69) is 0 Å². The van der Waals surface area contributed by atoms with E-state index in [0.717, 1.165) is 18.9 Å². The highest BCUT2D eigenvalue weighted by Crippen LogP contribution is 2.37. The summed E-state index contributed by atoms with van der Waals surface area (Å²) in [6, 6.07) is 3.98. The van der Waals surface area contributed by atoms with Crippen molar-refractivity contribution in [3.63, 3.8) is 0 Å². The van der Waals surface area contributed by atoms with Crippen LogP contribution >= 0.6 is 0 Å². The molecule has 0 aliphatic heterocycles. The fraction of sp³-hybridized carbons (Fsp3) is 0.571. The minimum atomic E-state index is -4.41. The molecule has 2 nitrogen and oxygen atoms in total. The van der Waals surface area contributed by atoms with E-state index in [1.54, 1.807) is 13.0 Å². The lowest BCUT2D eigenvalue weighted by Crippen LogP contribution is -2.18. The number of hydrogen-bond donors (Lipinski definition) is 1. The molecule has 0 heterocycles. The lowest BCUT2D eigenvalue weighted by Gasteiger charge is -2.16. The SMILES string of the molecule is CCCCOc1ccc(CC(C)N)cc1C(F)(F)F. The minimum Gasteiger partial charge on any atom is -0.493 e. The second-order valence-corrected chi connectivity index (χ2v) is 4.71. The molecule has 0 aliphatic rings. The number of hydrogen-bond acceptors (Lipinski definition) is 2.